The van der Waals surface area contributed by atoms with Crippen LogP contribution in [0.3, 0.4) is 0 Å². The van der Waals surface area contributed by atoms with Crippen LogP contribution in [0.5, 0.6) is 0 Å². The second kappa shape index (κ2) is 12.1. The van der Waals surface area contributed by atoms with E-state index in [9.17, 15) is 14.7 Å². The maximum absolute atomic E-state index is 11.8. The van der Waals surface area contributed by atoms with Crippen molar-refractivity contribution in [3.8, 4) is 0 Å². The lowest BCUT2D eigenvalue weighted by atomic mass is 9.73. The number of aliphatic hydroxyl groups is 1. The van der Waals surface area contributed by atoms with Gasteiger partial charge in [-0.25, -0.2) is 0 Å². The third kappa shape index (κ3) is 6.68. The molecular formula is C23H38O6. The van der Waals surface area contributed by atoms with Gasteiger partial charge in [0.1, 0.15) is 0 Å². The quantitative estimate of drug-likeness (QED) is 0.505. The van der Waals surface area contributed by atoms with Crippen LogP contribution in [0, 0.1) is 10.8 Å². The molecule has 0 aromatic rings. The zero-order valence-electron chi connectivity index (χ0n) is 18.3. The largest absolute Gasteiger partial charge is 0.465 e. The second-order valence-electron chi connectivity index (χ2n) is 7.83. The van der Waals surface area contributed by atoms with E-state index in [-0.39, 0.29) is 24.1 Å². The highest BCUT2D eigenvalue weighted by Crippen LogP contribution is 2.40. The summed E-state index contributed by atoms with van der Waals surface area (Å²) in [7, 11) is 1.72. The van der Waals surface area contributed by atoms with Gasteiger partial charge in [-0.05, 0) is 65.2 Å². The molecule has 0 aromatic carbocycles. The van der Waals surface area contributed by atoms with Crippen LogP contribution in [0.2, 0.25) is 0 Å². The predicted molar refractivity (Wildman–Crippen MR) is 112 cm³/mol. The molecule has 2 aliphatic rings. The van der Waals surface area contributed by atoms with E-state index in [0.717, 1.165) is 25.7 Å². The van der Waals surface area contributed by atoms with Crippen LogP contribution in [-0.2, 0) is 23.8 Å². The molecule has 0 bridgehead atoms. The summed E-state index contributed by atoms with van der Waals surface area (Å²) in [5.41, 5.74) is -1.01. The minimum Gasteiger partial charge on any atom is -0.465 e. The SMILES string of the molecule is C=CC1(C(=O)OCC)CCC(O)CC1.C=CC1(C(=O)OCC)CCC(OC)CC1. The van der Waals surface area contributed by atoms with Crippen LogP contribution in [0.15, 0.2) is 25.3 Å². The van der Waals surface area contributed by atoms with Gasteiger partial charge >= 0.3 is 11.9 Å². The van der Waals surface area contributed by atoms with Crippen LogP contribution in [0.1, 0.15) is 65.2 Å². The number of hydrogen-bond acceptors (Lipinski definition) is 6. The summed E-state index contributed by atoms with van der Waals surface area (Å²) in [4.78, 5) is 23.5. The molecule has 0 radical (unpaired) electrons. The Hall–Kier alpha value is -1.66. The average molecular weight is 411 g/mol. The number of esters is 2. The molecule has 0 unspecified atom stereocenters. The van der Waals surface area contributed by atoms with Crippen molar-refractivity contribution in [2.45, 2.75) is 77.4 Å². The molecule has 2 aliphatic carbocycles. The number of aliphatic hydroxyl groups excluding tert-OH is 1. The van der Waals surface area contributed by atoms with Crippen molar-refractivity contribution in [2.75, 3.05) is 20.3 Å². The smallest absolute Gasteiger partial charge is 0.315 e. The van der Waals surface area contributed by atoms with E-state index in [1.165, 1.54) is 0 Å². The van der Waals surface area contributed by atoms with E-state index in [1.54, 1.807) is 26.2 Å². The molecule has 0 aliphatic heterocycles. The minimum atomic E-state index is -0.546. The summed E-state index contributed by atoms with van der Waals surface area (Å²) in [6, 6.07) is 0. The first-order chi connectivity index (χ1) is 13.8. The highest BCUT2D eigenvalue weighted by molar-refractivity contribution is 5.79. The van der Waals surface area contributed by atoms with Crippen LogP contribution in [-0.4, -0.2) is 49.6 Å². The summed E-state index contributed by atoms with van der Waals surface area (Å²) < 4.78 is 15.4. The van der Waals surface area contributed by atoms with E-state index >= 15 is 0 Å². The third-order valence-electron chi connectivity index (χ3n) is 6.15. The maximum atomic E-state index is 11.8. The van der Waals surface area contributed by atoms with Crippen molar-refractivity contribution in [1.82, 2.24) is 0 Å². The molecule has 2 saturated carbocycles. The van der Waals surface area contributed by atoms with Gasteiger partial charge in [-0.2, -0.15) is 0 Å². The Kier molecular flexibility index (Phi) is 10.6. The molecule has 0 spiro atoms. The normalized spacial score (nSPS) is 31.6. The summed E-state index contributed by atoms with van der Waals surface area (Å²) >= 11 is 0. The van der Waals surface area contributed by atoms with E-state index in [2.05, 4.69) is 13.2 Å². The fraction of sp³-hybridized carbons (Fsp3) is 0.739. The molecule has 0 amide bonds. The third-order valence-corrected chi connectivity index (χ3v) is 6.15. The summed E-state index contributed by atoms with van der Waals surface area (Å²) in [6.45, 7) is 11.9. The van der Waals surface area contributed by atoms with Crippen molar-refractivity contribution in [3.05, 3.63) is 25.3 Å². The van der Waals surface area contributed by atoms with Gasteiger partial charge < -0.3 is 19.3 Å². The Morgan fingerprint density at radius 3 is 1.59 bits per heavy atom. The van der Waals surface area contributed by atoms with E-state index in [4.69, 9.17) is 14.2 Å². The molecule has 6 heteroatoms. The minimum absolute atomic E-state index is 0.130. The fourth-order valence-corrected chi connectivity index (χ4v) is 3.99. The molecule has 6 nitrogen and oxygen atoms in total. The van der Waals surface area contributed by atoms with Crippen LogP contribution < -0.4 is 0 Å². The van der Waals surface area contributed by atoms with Crippen molar-refractivity contribution >= 4 is 11.9 Å². The van der Waals surface area contributed by atoms with Crippen molar-refractivity contribution < 1.29 is 28.9 Å². The second-order valence-corrected chi connectivity index (χ2v) is 7.83. The lowest BCUT2D eigenvalue weighted by Gasteiger charge is -2.35. The number of carbonyl (C=O) groups is 2. The molecule has 166 valence electrons. The Balaban J connectivity index is 0.000000291. The molecule has 2 rings (SSSR count). The summed E-state index contributed by atoms with van der Waals surface area (Å²) in [5, 5.41) is 9.36. The van der Waals surface area contributed by atoms with Crippen molar-refractivity contribution in [1.29, 1.82) is 0 Å². The molecule has 0 heterocycles. The highest BCUT2D eigenvalue weighted by atomic mass is 16.5. The van der Waals surface area contributed by atoms with Gasteiger partial charge in [-0.1, -0.05) is 12.2 Å². The van der Waals surface area contributed by atoms with Crippen LogP contribution >= 0.6 is 0 Å². The van der Waals surface area contributed by atoms with Gasteiger partial charge in [0.25, 0.3) is 0 Å². The molecule has 1 N–H and O–H groups in total. The monoisotopic (exact) mass is 410 g/mol. The van der Waals surface area contributed by atoms with Gasteiger partial charge in [0.2, 0.25) is 0 Å². The van der Waals surface area contributed by atoms with E-state index in [0.29, 0.717) is 38.9 Å². The first kappa shape index (κ1) is 25.4. The number of hydrogen-bond donors (Lipinski definition) is 1. The zero-order valence-corrected chi connectivity index (χ0v) is 18.3. The van der Waals surface area contributed by atoms with Gasteiger partial charge in [-0.3, -0.25) is 9.59 Å². The maximum Gasteiger partial charge on any atom is 0.315 e. The lowest BCUT2D eigenvalue weighted by molar-refractivity contribution is -0.156. The van der Waals surface area contributed by atoms with Crippen LogP contribution in [0.4, 0.5) is 0 Å². The molecule has 0 atom stereocenters. The van der Waals surface area contributed by atoms with Crippen LogP contribution in [0.25, 0.3) is 0 Å². The van der Waals surface area contributed by atoms with E-state index in [1.807, 2.05) is 6.92 Å². The first-order valence-corrected chi connectivity index (χ1v) is 10.7. The molecular weight excluding hydrogens is 372 g/mol. The number of rotatable bonds is 7. The predicted octanol–water partition coefficient (Wildman–Crippen LogP) is 3.97. The van der Waals surface area contributed by atoms with Gasteiger partial charge in [-0.15, -0.1) is 13.2 Å². The van der Waals surface area contributed by atoms with Crippen molar-refractivity contribution in [3.63, 3.8) is 0 Å². The topological polar surface area (TPSA) is 82.1 Å². The van der Waals surface area contributed by atoms with E-state index < -0.39 is 10.8 Å². The molecule has 0 saturated heterocycles. The van der Waals surface area contributed by atoms with Crippen molar-refractivity contribution in [2.24, 2.45) is 10.8 Å². The summed E-state index contributed by atoms with van der Waals surface area (Å²) in [5.74, 6) is -0.323. The Morgan fingerprint density at radius 2 is 1.28 bits per heavy atom. The Bertz CT molecular complexity index is 540. The number of carbonyl (C=O) groups excluding carboxylic acids is 2. The molecule has 2 fully saturated rings. The standard InChI is InChI=1S/C12H20O3.C11H18O3/c1-4-12(11(13)15-5-2)8-6-10(14-3)7-9-12;1-3-11(10(13)14-4-2)7-5-9(12)6-8-11/h4,10H,1,5-9H2,2-3H3;3,9,12H,1,4-8H2,2H3. The Labute approximate surface area is 175 Å². The lowest BCUT2D eigenvalue weighted by Crippen LogP contribution is -2.37. The van der Waals surface area contributed by atoms with Gasteiger partial charge in [0.05, 0.1) is 36.3 Å². The summed E-state index contributed by atoms with van der Waals surface area (Å²) in [6.07, 6.45) is 9.44. The molecule has 29 heavy (non-hydrogen) atoms. The number of ether oxygens (including phenoxy) is 3. The zero-order chi connectivity index (χ0) is 21.9. The number of methoxy groups -OCH3 is 1. The Morgan fingerprint density at radius 1 is 0.897 bits per heavy atom. The fourth-order valence-electron chi connectivity index (χ4n) is 3.99. The average Bonchev–Trinajstić information content (AvgIpc) is 2.75. The molecule has 0 aromatic heterocycles. The van der Waals surface area contributed by atoms with Gasteiger partial charge in [0.15, 0.2) is 0 Å². The first-order valence-electron chi connectivity index (χ1n) is 10.7. The highest BCUT2D eigenvalue weighted by Gasteiger charge is 2.41. The van der Waals surface area contributed by atoms with Gasteiger partial charge in [0, 0.05) is 7.11 Å².